The number of nitrogens with one attached hydrogen (secondary N) is 2. The van der Waals surface area contributed by atoms with Gasteiger partial charge >= 0.3 is 12.0 Å². The van der Waals surface area contributed by atoms with Crippen molar-refractivity contribution in [1.29, 1.82) is 0 Å². The number of aromatic nitrogens is 2. The van der Waals surface area contributed by atoms with Gasteiger partial charge in [0.2, 0.25) is 0 Å². The molecule has 0 spiro atoms. The molecule has 2 amide bonds. The molecule has 0 aromatic carbocycles. The molecule has 100 valence electrons. The normalized spacial score (nSPS) is 11.9. The van der Waals surface area contributed by atoms with Crippen molar-refractivity contribution in [3.05, 3.63) is 18.0 Å². The summed E-state index contributed by atoms with van der Waals surface area (Å²) in [5, 5.41) is 17.9. The number of rotatable bonds is 6. The standard InChI is InChI=1S/C11H18N4O3/c1-8(10(16)17)3-4-12-11(18)13-5-9-6-14-15(2)7-9/h6-8H,3-5H2,1-2H3,(H,16,17)(H2,12,13,18). The highest BCUT2D eigenvalue weighted by Crippen LogP contribution is 1.99. The Kier molecular flexibility index (Phi) is 5.16. The lowest BCUT2D eigenvalue weighted by Gasteiger charge is -2.08. The van der Waals surface area contributed by atoms with Crippen molar-refractivity contribution < 1.29 is 14.7 Å². The molecule has 1 unspecified atom stereocenters. The Labute approximate surface area is 105 Å². The van der Waals surface area contributed by atoms with Crippen LogP contribution in [0.4, 0.5) is 4.79 Å². The number of carboxylic acid groups (broad SMARTS) is 1. The van der Waals surface area contributed by atoms with Gasteiger partial charge in [0, 0.05) is 31.9 Å². The Morgan fingerprint density at radius 2 is 2.22 bits per heavy atom. The number of urea groups is 1. The number of carbonyl (C=O) groups excluding carboxylic acids is 1. The van der Waals surface area contributed by atoms with Crippen molar-refractivity contribution in [2.45, 2.75) is 19.9 Å². The summed E-state index contributed by atoms with van der Waals surface area (Å²) in [4.78, 5) is 21.9. The van der Waals surface area contributed by atoms with Crippen LogP contribution in [0.2, 0.25) is 0 Å². The van der Waals surface area contributed by atoms with Crippen LogP contribution < -0.4 is 10.6 Å². The Hall–Kier alpha value is -2.05. The molecule has 1 aromatic rings. The van der Waals surface area contributed by atoms with E-state index >= 15 is 0 Å². The molecule has 0 bridgehead atoms. The number of amides is 2. The maximum Gasteiger partial charge on any atom is 0.315 e. The van der Waals surface area contributed by atoms with E-state index in [4.69, 9.17) is 5.11 Å². The number of nitrogens with zero attached hydrogens (tertiary/aromatic N) is 2. The fourth-order valence-corrected chi connectivity index (χ4v) is 1.33. The average Bonchev–Trinajstić information content (AvgIpc) is 2.72. The highest BCUT2D eigenvalue weighted by molar-refractivity contribution is 5.74. The predicted molar refractivity (Wildman–Crippen MR) is 64.9 cm³/mol. The van der Waals surface area contributed by atoms with Gasteiger partial charge in [0.25, 0.3) is 0 Å². The van der Waals surface area contributed by atoms with E-state index in [0.717, 1.165) is 5.56 Å². The van der Waals surface area contributed by atoms with E-state index < -0.39 is 11.9 Å². The van der Waals surface area contributed by atoms with Crippen LogP contribution >= 0.6 is 0 Å². The molecule has 1 heterocycles. The van der Waals surface area contributed by atoms with Crippen molar-refractivity contribution in [2.24, 2.45) is 13.0 Å². The van der Waals surface area contributed by atoms with Crippen LogP contribution in [0.5, 0.6) is 0 Å². The van der Waals surface area contributed by atoms with Gasteiger partial charge in [-0.3, -0.25) is 9.48 Å². The molecule has 1 atom stereocenters. The highest BCUT2D eigenvalue weighted by Gasteiger charge is 2.10. The maximum absolute atomic E-state index is 11.4. The van der Waals surface area contributed by atoms with E-state index in [0.29, 0.717) is 19.5 Å². The van der Waals surface area contributed by atoms with Crippen LogP contribution in [-0.4, -0.2) is 33.4 Å². The Morgan fingerprint density at radius 3 is 2.78 bits per heavy atom. The second-order valence-electron chi connectivity index (χ2n) is 4.16. The fourth-order valence-electron chi connectivity index (χ4n) is 1.33. The lowest BCUT2D eigenvalue weighted by Crippen LogP contribution is -2.36. The van der Waals surface area contributed by atoms with E-state index in [1.165, 1.54) is 0 Å². The van der Waals surface area contributed by atoms with Gasteiger partial charge in [0.05, 0.1) is 12.1 Å². The number of carboxylic acids is 1. The van der Waals surface area contributed by atoms with Crippen molar-refractivity contribution in [1.82, 2.24) is 20.4 Å². The summed E-state index contributed by atoms with van der Waals surface area (Å²) in [6, 6.07) is -0.309. The zero-order chi connectivity index (χ0) is 13.5. The SMILES string of the molecule is CC(CCNC(=O)NCc1cnn(C)c1)C(=O)O. The molecule has 0 aliphatic heterocycles. The zero-order valence-electron chi connectivity index (χ0n) is 10.5. The Morgan fingerprint density at radius 1 is 1.50 bits per heavy atom. The lowest BCUT2D eigenvalue weighted by molar-refractivity contribution is -0.141. The van der Waals surface area contributed by atoms with Crippen molar-refractivity contribution in [2.75, 3.05) is 6.54 Å². The Balaban J connectivity index is 2.16. The van der Waals surface area contributed by atoms with Gasteiger partial charge < -0.3 is 15.7 Å². The molecular formula is C11H18N4O3. The van der Waals surface area contributed by atoms with Crippen molar-refractivity contribution in [3.63, 3.8) is 0 Å². The molecule has 0 saturated heterocycles. The van der Waals surface area contributed by atoms with Crippen molar-refractivity contribution >= 4 is 12.0 Å². The minimum atomic E-state index is -0.854. The zero-order valence-corrected chi connectivity index (χ0v) is 10.5. The van der Waals surface area contributed by atoms with E-state index in [1.54, 1.807) is 24.9 Å². The molecule has 0 fully saturated rings. The number of aliphatic carboxylic acids is 1. The summed E-state index contributed by atoms with van der Waals surface area (Å²) < 4.78 is 1.66. The van der Waals surface area contributed by atoms with Crippen LogP contribution in [0.25, 0.3) is 0 Å². The fraction of sp³-hybridized carbons (Fsp3) is 0.545. The molecule has 0 radical (unpaired) electrons. The minimum absolute atomic E-state index is 0.309. The quantitative estimate of drug-likeness (QED) is 0.681. The monoisotopic (exact) mass is 254 g/mol. The van der Waals surface area contributed by atoms with Gasteiger partial charge in [-0.05, 0) is 6.42 Å². The molecule has 0 saturated carbocycles. The van der Waals surface area contributed by atoms with E-state index in [9.17, 15) is 9.59 Å². The maximum atomic E-state index is 11.4. The number of hydrogen-bond donors (Lipinski definition) is 3. The average molecular weight is 254 g/mol. The number of carbonyl (C=O) groups is 2. The molecule has 7 nitrogen and oxygen atoms in total. The van der Waals surface area contributed by atoms with Crippen LogP contribution in [0.3, 0.4) is 0 Å². The van der Waals surface area contributed by atoms with Gasteiger partial charge in [0.1, 0.15) is 0 Å². The Bertz CT molecular complexity index is 416. The lowest BCUT2D eigenvalue weighted by atomic mass is 10.1. The third-order valence-electron chi connectivity index (χ3n) is 2.50. The van der Waals surface area contributed by atoms with Gasteiger partial charge in [-0.1, -0.05) is 6.92 Å². The predicted octanol–water partition coefficient (Wildman–Crippen LogP) is 0.330. The van der Waals surface area contributed by atoms with E-state index in [-0.39, 0.29) is 6.03 Å². The van der Waals surface area contributed by atoms with E-state index in [1.807, 2.05) is 6.20 Å². The first-order valence-electron chi connectivity index (χ1n) is 5.71. The smallest absolute Gasteiger partial charge is 0.315 e. The second-order valence-corrected chi connectivity index (χ2v) is 4.16. The first kappa shape index (κ1) is 14.0. The topological polar surface area (TPSA) is 96.3 Å². The van der Waals surface area contributed by atoms with Crippen LogP contribution in [0, 0.1) is 5.92 Å². The molecule has 1 aromatic heterocycles. The van der Waals surface area contributed by atoms with Crippen LogP contribution in [0.1, 0.15) is 18.9 Å². The highest BCUT2D eigenvalue weighted by atomic mass is 16.4. The van der Waals surface area contributed by atoms with Gasteiger partial charge in [-0.25, -0.2) is 4.79 Å². The molecule has 7 heteroatoms. The second kappa shape index (κ2) is 6.63. The van der Waals surface area contributed by atoms with Crippen molar-refractivity contribution in [3.8, 4) is 0 Å². The van der Waals surface area contributed by atoms with Crippen LogP contribution in [-0.2, 0) is 18.4 Å². The van der Waals surface area contributed by atoms with E-state index in [2.05, 4.69) is 15.7 Å². The van der Waals surface area contributed by atoms with Gasteiger partial charge in [-0.15, -0.1) is 0 Å². The number of hydrogen-bond acceptors (Lipinski definition) is 3. The summed E-state index contributed by atoms with van der Waals surface area (Å²) in [7, 11) is 1.80. The third-order valence-corrected chi connectivity index (χ3v) is 2.50. The largest absolute Gasteiger partial charge is 0.481 e. The van der Waals surface area contributed by atoms with Gasteiger partial charge in [-0.2, -0.15) is 5.10 Å². The van der Waals surface area contributed by atoms with Gasteiger partial charge in [0.15, 0.2) is 0 Å². The molecule has 0 aliphatic rings. The summed E-state index contributed by atoms with van der Waals surface area (Å²) in [6.45, 7) is 2.35. The summed E-state index contributed by atoms with van der Waals surface area (Å²) >= 11 is 0. The molecule has 18 heavy (non-hydrogen) atoms. The molecular weight excluding hydrogens is 236 g/mol. The third kappa shape index (κ3) is 4.86. The molecule has 0 aliphatic carbocycles. The minimum Gasteiger partial charge on any atom is -0.481 e. The molecule has 3 N–H and O–H groups in total. The summed E-state index contributed by atoms with van der Waals surface area (Å²) in [5.41, 5.74) is 0.909. The van der Waals surface area contributed by atoms with Crippen LogP contribution in [0.15, 0.2) is 12.4 Å². The summed E-state index contributed by atoms with van der Waals surface area (Å²) in [5.74, 6) is -1.31. The first-order chi connectivity index (χ1) is 8.49. The first-order valence-corrected chi connectivity index (χ1v) is 5.71. The molecule has 1 rings (SSSR count). The summed E-state index contributed by atoms with van der Waals surface area (Å²) in [6.07, 6.45) is 3.90. The number of aryl methyl sites for hydroxylation is 1.